The number of benzene rings is 1. The summed E-state index contributed by atoms with van der Waals surface area (Å²) in [6, 6.07) is 12.1. The van der Waals surface area contributed by atoms with Crippen LogP contribution in [0.2, 0.25) is 0 Å². The average Bonchev–Trinajstić information content (AvgIpc) is 3.40. The largest absolute Gasteiger partial charge is 0.497 e. The predicted molar refractivity (Wildman–Crippen MR) is 137 cm³/mol. The number of anilines is 1. The second kappa shape index (κ2) is 10.5. The number of hydrogen-bond acceptors (Lipinski definition) is 5. The number of rotatable bonds is 6. The first kappa shape index (κ1) is 23.3. The fourth-order valence-corrected chi connectivity index (χ4v) is 4.94. The first-order chi connectivity index (χ1) is 17.1. The molecule has 3 aromatic rings. The lowest BCUT2D eigenvalue weighted by Gasteiger charge is -2.36. The van der Waals surface area contributed by atoms with Gasteiger partial charge >= 0.3 is 0 Å². The van der Waals surface area contributed by atoms with Crippen molar-refractivity contribution in [3.05, 3.63) is 77.9 Å². The average molecular weight is 473 g/mol. The van der Waals surface area contributed by atoms with E-state index in [1.54, 1.807) is 13.3 Å². The van der Waals surface area contributed by atoms with E-state index in [2.05, 4.69) is 23.2 Å². The summed E-state index contributed by atoms with van der Waals surface area (Å²) in [6.45, 7) is 5.80. The van der Waals surface area contributed by atoms with Crippen LogP contribution in [0.3, 0.4) is 0 Å². The van der Waals surface area contributed by atoms with Crippen LogP contribution in [0.5, 0.6) is 5.75 Å². The number of aryl methyl sites for hydroxylation is 1. The molecule has 1 aliphatic heterocycles. The van der Waals surface area contributed by atoms with Crippen molar-refractivity contribution in [3.8, 4) is 11.4 Å². The van der Waals surface area contributed by atoms with Crippen molar-refractivity contribution >= 4 is 17.2 Å². The molecule has 0 bridgehead atoms. The Balaban J connectivity index is 1.22. The summed E-state index contributed by atoms with van der Waals surface area (Å²) in [7, 11) is 1.64. The molecule has 3 heterocycles. The number of nitrogens with one attached hydrogen (secondary N) is 1. The molecule has 1 saturated heterocycles. The van der Waals surface area contributed by atoms with Gasteiger partial charge in [-0.25, -0.2) is 0 Å². The highest BCUT2D eigenvalue weighted by Crippen LogP contribution is 2.31. The molecule has 0 radical (unpaired) electrons. The van der Waals surface area contributed by atoms with E-state index in [1.165, 1.54) is 5.57 Å². The van der Waals surface area contributed by atoms with Gasteiger partial charge in [0.2, 0.25) is 0 Å². The molecule has 1 N–H and O–H groups in total. The number of carbonyl (C=O) groups is 1. The van der Waals surface area contributed by atoms with Gasteiger partial charge in [-0.1, -0.05) is 6.08 Å². The fourth-order valence-electron chi connectivity index (χ4n) is 4.94. The molecule has 1 aliphatic carbocycles. The van der Waals surface area contributed by atoms with E-state index in [4.69, 9.17) is 14.5 Å². The maximum Gasteiger partial charge on any atom is 0.257 e. The SMILES string of the molecule is COc1ccc(-n2ccc(C(=O)Nc3cnc(C4=CCC(N5CCOCC5)CC4)c(C)c3)c2)cc1. The van der Waals surface area contributed by atoms with Gasteiger partial charge in [0.25, 0.3) is 5.91 Å². The Morgan fingerprint density at radius 2 is 1.97 bits per heavy atom. The van der Waals surface area contributed by atoms with Crippen molar-refractivity contribution in [3.63, 3.8) is 0 Å². The topological polar surface area (TPSA) is 68.6 Å². The van der Waals surface area contributed by atoms with Gasteiger partial charge in [0, 0.05) is 37.2 Å². The maximum absolute atomic E-state index is 12.8. The van der Waals surface area contributed by atoms with Gasteiger partial charge in [-0.15, -0.1) is 0 Å². The standard InChI is InChI=1S/C28H32N4O3/c1-20-17-23(18-29-27(20)21-3-5-24(6-4-21)31-13-15-35-16-14-31)30-28(33)22-11-12-32(19-22)25-7-9-26(34-2)10-8-25/h3,7-12,17-19,24H,4-6,13-16H2,1-2H3,(H,30,33). The highest BCUT2D eigenvalue weighted by atomic mass is 16.5. The number of amides is 1. The quantitative estimate of drug-likeness (QED) is 0.563. The number of carbonyl (C=O) groups excluding carboxylic acids is 1. The van der Waals surface area contributed by atoms with Crippen molar-refractivity contribution in [1.82, 2.24) is 14.5 Å². The summed E-state index contributed by atoms with van der Waals surface area (Å²) >= 11 is 0. The van der Waals surface area contributed by atoms with Crippen LogP contribution in [0, 0.1) is 6.92 Å². The molecule has 0 saturated carbocycles. The van der Waals surface area contributed by atoms with Crippen molar-refractivity contribution in [2.75, 3.05) is 38.7 Å². The van der Waals surface area contributed by atoms with Crippen molar-refractivity contribution in [2.24, 2.45) is 0 Å². The number of aromatic nitrogens is 2. The smallest absolute Gasteiger partial charge is 0.257 e. The summed E-state index contributed by atoms with van der Waals surface area (Å²) in [6.07, 6.45) is 11.0. The van der Waals surface area contributed by atoms with Crippen molar-refractivity contribution in [2.45, 2.75) is 32.2 Å². The molecule has 1 atom stereocenters. The van der Waals surface area contributed by atoms with E-state index in [1.807, 2.05) is 53.4 Å². The maximum atomic E-state index is 12.8. The molecular weight excluding hydrogens is 440 g/mol. The van der Waals surface area contributed by atoms with Crippen LogP contribution < -0.4 is 10.1 Å². The van der Waals surface area contributed by atoms with E-state index < -0.39 is 0 Å². The van der Waals surface area contributed by atoms with Gasteiger partial charge < -0.3 is 19.4 Å². The second-order valence-corrected chi connectivity index (χ2v) is 9.16. The first-order valence-corrected chi connectivity index (χ1v) is 12.2. The van der Waals surface area contributed by atoms with E-state index in [0.29, 0.717) is 17.3 Å². The third-order valence-electron chi connectivity index (χ3n) is 6.91. The molecule has 7 heteroatoms. The van der Waals surface area contributed by atoms with Gasteiger partial charge in [-0.2, -0.15) is 0 Å². The van der Waals surface area contributed by atoms with E-state index in [-0.39, 0.29) is 5.91 Å². The zero-order valence-corrected chi connectivity index (χ0v) is 20.4. The highest BCUT2D eigenvalue weighted by molar-refractivity contribution is 6.04. The molecule has 5 rings (SSSR count). The second-order valence-electron chi connectivity index (χ2n) is 9.16. The molecule has 7 nitrogen and oxygen atoms in total. The van der Waals surface area contributed by atoms with Crippen LogP contribution in [0.1, 0.15) is 40.9 Å². The van der Waals surface area contributed by atoms with Crippen LogP contribution in [-0.2, 0) is 4.74 Å². The summed E-state index contributed by atoms with van der Waals surface area (Å²) in [5.74, 6) is 0.641. The summed E-state index contributed by atoms with van der Waals surface area (Å²) in [4.78, 5) is 20.1. The summed E-state index contributed by atoms with van der Waals surface area (Å²) < 4.78 is 12.6. The van der Waals surface area contributed by atoms with Crippen LogP contribution in [0.15, 0.2) is 61.1 Å². The number of morpholine rings is 1. The molecule has 2 aromatic heterocycles. The lowest BCUT2D eigenvalue weighted by molar-refractivity contribution is 0.0150. The number of allylic oxidation sites excluding steroid dienone is 1. The molecule has 1 amide bonds. The van der Waals surface area contributed by atoms with Crippen LogP contribution in [0.4, 0.5) is 5.69 Å². The molecule has 1 fully saturated rings. The van der Waals surface area contributed by atoms with E-state index in [0.717, 1.165) is 68.3 Å². The fraction of sp³-hybridized carbons (Fsp3) is 0.357. The molecule has 1 unspecified atom stereocenters. The zero-order chi connectivity index (χ0) is 24.2. The molecule has 2 aliphatic rings. The minimum atomic E-state index is -0.156. The van der Waals surface area contributed by atoms with E-state index in [9.17, 15) is 4.79 Å². The lowest BCUT2D eigenvalue weighted by atomic mass is 9.90. The number of methoxy groups -OCH3 is 1. The monoisotopic (exact) mass is 472 g/mol. The Kier molecular flexibility index (Phi) is 6.97. The Bertz CT molecular complexity index is 1210. The molecule has 182 valence electrons. The van der Waals surface area contributed by atoms with Crippen molar-refractivity contribution in [1.29, 1.82) is 0 Å². The number of hydrogen-bond donors (Lipinski definition) is 1. The van der Waals surface area contributed by atoms with E-state index >= 15 is 0 Å². The van der Waals surface area contributed by atoms with Crippen molar-refractivity contribution < 1.29 is 14.3 Å². The lowest BCUT2D eigenvalue weighted by Crippen LogP contribution is -2.43. The Hall–Kier alpha value is -3.42. The third kappa shape index (κ3) is 5.31. The first-order valence-electron chi connectivity index (χ1n) is 12.2. The number of nitrogens with zero attached hydrogens (tertiary/aromatic N) is 3. The Morgan fingerprint density at radius 1 is 1.17 bits per heavy atom. The third-order valence-corrected chi connectivity index (χ3v) is 6.91. The minimum absolute atomic E-state index is 0.156. The molecule has 35 heavy (non-hydrogen) atoms. The molecule has 1 aromatic carbocycles. The van der Waals surface area contributed by atoms with Crippen LogP contribution in [0.25, 0.3) is 11.3 Å². The van der Waals surface area contributed by atoms with Gasteiger partial charge in [0.05, 0.1) is 43.5 Å². The van der Waals surface area contributed by atoms with Gasteiger partial charge in [-0.3, -0.25) is 14.7 Å². The predicted octanol–water partition coefficient (Wildman–Crippen LogP) is 4.71. The van der Waals surface area contributed by atoms with Gasteiger partial charge in [-0.05, 0) is 73.7 Å². The Morgan fingerprint density at radius 3 is 2.66 bits per heavy atom. The van der Waals surface area contributed by atoms with Crippen LogP contribution in [-0.4, -0.2) is 59.8 Å². The number of ether oxygens (including phenoxy) is 2. The zero-order valence-electron chi connectivity index (χ0n) is 20.4. The normalized spacial score (nSPS) is 18.7. The number of pyridine rings is 1. The minimum Gasteiger partial charge on any atom is -0.497 e. The molecular formula is C28H32N4O3. The van der Waals surface area contributed by atoms with Crippen LogP contribution >= 0.6 is 0 Å². The van der Waals surface area contributed by atoms with Gasteiger partial charge in [0.1, 0.15) is 5.75 Å². The molecule has 0 spiro atoms. The summed E-state index contributed by atoms with van der Waals surface area (Å²) in [5.41, 5.74) is 5.68. The highest BCUT2D eigenvalue weighted by Gasteiger charge is 2.24. The summed E-state index contributed by atoms with van der Waals surface area (Å²) in [5, 5.41) is 2.99. The van der Waals surface area contributed by atoms with Gasteiger partial charge in [0.15, 0.2) is 0 Å². The Labute approximate surface area is 206 Å².